The van der Waals surface area contributed by atoms with Crippen molar-refractivity contribution < 1.29 is 9.59 Å². The van der Waals surface area contributed by atoms with Crippen molar-refractivity contribution in [2.45, 2.75) is 38.3 Å². The molecule has 272 valence electrons. The number of nitrogens with one attached hydrogen (secondary N) is 1. The number of benzene rings is 5. The molecule has 0 aliphatic carbocycles. The lowest BCUT2D eigenvalue weighted by Crippen LogP contribution is -2.39. The molecule has 3 heterocycles. The van der Waals surface area contributed by atoms with E-state index in [4.69, 9.17) is 15.3 Å². The molecule has 0 bridgehead atoms. The Morgan fingerprint density at radius 2 is 1.31 bits per heavy atom. The molecular weight excluding hydrogens is 685 g/mol. The predicted octanol–water partition coefficient (Wildman–Crippen LogP) is 7.96. The number of carbonyl (C=O) groups excluding carboxylic acids is 2. The molecule has 0 spiro atoms. The monoisotopic (exact) mass is 724 g/mol. The van der Waals surface area contributed by atoms with Gasteiger partial charge >= 0.3 is 6.03 Å². The normalized spacial score (nSPS) is 13.8. The summed E-state index contributed by atoms with van der Waals surface area (Å²) in [6.07, 6.45) is 6.33. The summed E-state index contributed by atoms with van der Waals surface area (Å²) in [6.45, 7) is 2.70. The number of imidazole rings is 1. The summed E-state index contributed by atoms with van der Waals surface area (Å²) in [7, 11) is 1.59. The van der Waals surface area contributed by atoms with Crippen molar-refractivity contribution >= 4 is 18.0 Å². The van der Waals surface area contributed by atoms with Gasteiger partial charge in [-0.3, -0.25) is 15.0 Å². The van der Waals surface area contributed by atoms with Crippen LogP contribution in [0.15, 0.2) is 151 Å². The van der Waals surface area contributed by atoms with Gasteiger partial charge in [0.05, 0.1) is 11.9 Å². The summed E-state index contributed by atoms with van der Waals surface area (Å²) in [5, 5.41) is 16.2. The molecule has 0 atom stereocenters. The van der Waals surface area contributed by atoms with Gasteiger partial charge in [-0.25, -0.2) is 14.5 Å². The fourth-order valence-corrected chi connectivity index (χ4v) is 7.46. The van der Waals surface area contributed by atoms with E-state index in [2.05, 4.69) is 131 Å². The van der Waals surface area contributed by atoms with Crippen LogP contribution in [0.25, 0.3) is 28.6 Å². The van der Waals surface area contributed by atoms with Gasteiger partial charge in [0.2, 0.25) is 0 Å². The number of likely N-dealkylation sites (N-methyl/N-ethyl adjacent to an activating group) is 1. The highest BCUT2D eigenvalue weighted by atomic mass is 16.2. The van der Waals surface area contributed by atoms with Crippen molar-refractivity contribution in [2.24, 2.45) is 0 Å². The number of rotatable bonds is 12. The Morgan fingerprint density at radius 1 is 0.727 bits per heavy atom. The minimum Gasteiger partial charge on any atom is -0.324 e. The first-order chi connectivity index (χ1) is 27.0. The van der Waals surface area contributed by atoms with E-state index in [1.807, 2.05) is 35.0 Å². The zero-order chi connectivity index (χ0) is 37.8. The van der Waals surface area contributed by atoms with E-state index < -0.39 is 17.5 Å². The zero-order valence-electron chi connectivity index (χ0n) is 30.7. The third kappa shape index (κ3) is 6.52. The number of amides is 3. The first-order valence-electron chi connectivity index (χ1n) is 18.5. The number of urea groups is 1. The molecule has 8 rings (SSSR count). The van der Waals surface area contributed by atoms with Gasteiger partial charge in [0.15, 0.2) is 5.82 Å². The summed E-state index contributed by atoms with van der Waals surface area (Å²) in [5.41, 5.74) is 7.23. The molecule has 7 aromatic rings. The average molecular weight is 725 g/mol. The molecule has 1 aliphatic rings. The van der Waals surface area contributed by atoms with Crippen LogP contribution in [0.2, 0.25) is 0 Å². The van der Waals surface area contributed by atoms with Crippen LogP contribution in [0.3, 0.4) is 0 Å². The fraction of sp³-hybridized carbons (Fsp3) is 0.156. The first kappa shape index (κ1) is 35.1. The Morgan fingerprint density at radius 3 is 1.87 bits per heavy atom. The molecule has 55 heavy (non-hydrogen) atoms. The SMILES string of the molecule is CCCCc1ncc(/C=C2/C(=O)NC(=O)N2C)n1Cc1ccc(-c2ccccc2-c2nnnn2C(c2ccccc2)(c2ccccc2)c2ccccc2)cc1. The topological polar surface area (TPSA) is 111 Å². The summed E-state index contributed by atoms with van der Waals surface area (Å²) >= 11 is 0. The minimum atomic E-state index is -0.881. The highest BCUT2D eigenvalue weighted by Gasteiger charge is 2.42. The van der Waals surface area contributed by atoms with Gasteiger partial charge in [-0.2, -0.15) is 0 Å². The Kier molecular flexibility index (Phi) is 9.70. The highest BCUT2D eigenvalue weighted by molar-refractivity contribution is 6.13. The Labute approximate surface area is 319 Å². The quantitative estimate of drug-likeness (QED) is 0.0778. The molecule has 0 unspecified atom stereocenters. The maximum absolute atomic E-state index is 12.5. The summed E-state index contributed by atoms with van der Waals surface area (Å²) in [6, 6.07) is 47.4. The maximum Gasteiger partial charge on any atom is 0.328 e. The summed E-state index contributed by atoms with van der Waals surface area (Å²) in [5.74, 6) is 1.14. The number of aryl methyl sites for hydroxylation is 1. The molecule has 0 radical (unpaired) electrons. The lowest BCUT2D eigenvalue weighted by molar-refractivity contribution is -0.115. The maximum atomic E-state index is 12.5. The smallest absolute Gasteiger partial charge is 0.324 e. The second-order valence-corrected chi connectivity index (χ2v) is 13.6. The van der Waals surface area contributed by atoms with Gasteiger partial charge in [-0.05, 0) is 56.3 Å². The van der Waals surface area contributed by atoms with Gasteiger partial charge in [-0.1, -0.05) is 153 Å². The van der Waals surface area contributed by atoms with E-state index >= 15 is 0 Å². The number of imide groups is 1. The number of hydrogen-bond donors (Lipinski definition) is 1. The van der Waals surface area contributed by atoms with Crippen LogP contribution < -0.4 is 5.32 Å². The van der Waals surface area contributed by atoms with Crippen LogP contribution in [-0.2, 0) is 23.3 Å². The van der Waals surface area contributed by atoms with Crippen molar-refractivity contribution in [3.63, 3.8) is 0 Å². The Balaban J connectivity index is 1.20. The molecule has 10 nitrogen and oxygen atoms in total. The molecule has 1 fully saturated rings. The third-order valence-corrected chi connectivity index (χ3v) is 10.3. The van der Waals surface area contributed by atoms with Crippen LogP contribution in [0.5, 0.6) is 0 Å². The number of carbonyl (C=O) groups is 2. The van der Waals surface area contributed by atoms with Gasteiger partial charge in [-0.15, -0.1) is 5.10 Å². The van der Waals surface area contributed by atoms with Gasteiger partial charge in [0.25, 0.3) is 5.91 Å². The molecular formula is C45H40N8O2. The Hall–Kier alpha value is -6.94. The average Bonchev–Trinajstić information content (AvgIpc) is 3.93. The van der Waals surface area contributed by atoms with Crippen molar-refractivity contribution in [1.82, 2.24) is 40.0 Å². The Bertz CT molecular complexity index is 2370. The second kappa shape index (κ2) is 15.2. The molecule has 1 saturated heterocycles. The molecule has 5 aromatic carbocycles. The van der Waals surface area contributed by atoms with Crippen LogP contribution in [0.1, 0.15) is 53.5 Å². The predicted molar refractivity (Wildman–Crippen MR) is 213 cm³/mol. The number of aromatic nitrogens is 6. The van der Waals surface area contributed by atoms with Gasteiger partial charge in [0.1, 0.15) is 17.1 Å². The van der Waals surface area contributed by atoms with Crippen molar-refractivity contribution in [3.05, 3.63) is 185 Å². The van der Waals surface area contributed by atoms with Crippen LogP contribution in [0.4, 0.5) is 4.79 Å². The number of tetrazole rings is 1. The van der Waals surface area contributed by atoms with E-state index in [0.717, 1.165) is 69.7 Å². The van der Waals surface area contributed by atoms with E-state index in [0.29, 0.717) is 18.1 Å². The van der Waals surface area contributed by atoms with E-state index in [-0.39, 0.29) is 0 Å². The zero-order valence-corrected chi connectivity index (χ0v) is 30.7. The highest BCUT2D eigenvalue weighted by Crippen LogP contribution is 2.43. The summed E-state index contributed by atoms with van der Waals surface area (Å²) < 4.78 is 4.09. The van der Waals surface area contributed by atoms with Gasteiger partial charge in [0, 0.05) is 25.6 Å². The fourth-order valence-electron chi connectivity index (χ4n) is 7.46. The number of nitrogens with zero attached hydrogens (tertiary/aromatic N) is 7. The van der Waals surface area contributed by atoms with Crippen molar-refractivity contribution in [3.8, 4) is 22.5 Å². The molecule has 1 N–H and O–H groups in total. The first-order valence-corrected chi connectivity index (χ1v) is 18.5. The van der Waals surface area contributed by atoms with Crippen LogP contribution in [-0.4, -0.2) is 53.6 Å². The van der Waals surface area contributed by atoms with E-state index in [1.165, 1.54) is 4.90 Å². The molecule has 10 heteroatoms. The minimum absolute atomic E-state index is 0.290. The summed E-state index contributed by atoms with van der Waals surface area (Å²) in [4.78, 5) is 30.7. The molecule has 3 amide bonds. The van der Waals surface area contributed by atoms with E-state index in [9.17, 15) is 9.59 Å². The molecule has 2 aromatic heterocycles. The van der Waals surface area contributed by atoms with Crippen LogP contribution in [0, 0.1) is 0 Å². The second-order valence-electron chi connectivity index (χ2n) is 13.6. The van der Waals surface area contributed by atoms with E-state index in [1.54, 1.807) is 19.3 Å². The van der Waals surface area contributed by atoms with Crippen LogP contribution >= 0.6 is 0 Å². The lowest BCUT2D eigenvalue weighted by Gasteiger charge is -2.36. The van der Waals surface area contributed by atoms with Crippen molar-refractivity contribution in [2.75, 3.05) is 7.05 Å². The standard InChI is InChI=1S/C45H40N8O2/c1-3-4-24-41-46-30-37(29-40-43(54)47-44(55)51(40)2)52(41)31-32-25-27-33(28-26-32)38-22-14-15-23-39(38)42-48-49-50-53(42)45(34-16-8-5-9-17-34,35-18-10-6-11-19-35)36-20-12-7-13-21-36/h5-23,25-30H,3-4,24,31H2,1-2H3,(H,47,54,55)/b40-29-. The molecule has 0 saturated carbocycles. The lowest BCUT2D eigenvalue weighted by atomic mass is 9.77. The van der Waals surface area contributed by atoms with Gasteiger partial charge < -0.3 is 4.57 Å². The largest absolute Gasteiger partial charge is 0.328 e. The van der Waals surface area contributed by atoms with Crippen molar-refractivity contribution in [1.29, 1.82) is 0 Å². The number of hydrogen-bond acceptors (Lipinski definition) is 6. The third-order valence-electron chi connectivity index (χ3n) is 10.3. The molecule has 1 aliphatic heterocycles. The number of unbranched alkanes of at least 4 members (excludes halogenated alkanes) is 1.